The molecule has 0 aliphatic carbocycles. The van der Waals surface area contributed by atoms with E-state index < -0.39 is 27.7 Å². The van der Waals surface area contributed by atoms with E-state index in [9.17, 15) is 31.2 Å². The second-order valence-electron chi connectivity index (χ2n) is 10.3. The number of amides is 2. The molecule has 0 saturated heterocycles. The molecule has 3 aromatic carbocycles. The number of para-hydroxylation sites is 1. The van der Waals surface area contributed by atoms with Gasteiger partial charge in [0, 0.05) is 30.9 Å². The first-order valence-electron chi connectivity index (χ1n) is 14.5. The number of alkyl halides is 3. The van der Waals surface area contributed by atoms with Crippen LogP contribution < -0.4 is 10.2 Å². The van der Waals surface area contributed by atoms with Gasteiger partial charge < -0.3 is 10.2 Å². The highest BCUT2D eigenvalue weighted by molar-refractivity contribution is 7.99. The number of aromatic nitrogens is 3. The van der Waals surface area contributed by atoms with Crippen LogP contribution in [0.3, 0.4) is 0 Å². The Balaban J connectivity index is 1.36. The molecule has 2 heterocycles. The lowest BCUT2D eigenvalue weighted by Gasteiger charge is -2.18. The molecule has 2 amide bonds. The van der Waals surface area contributed by atoms with Crippen LogP contribution in [-0.4, -0.2) is 64.7 Å². The van der Waals surface area contributed by atoms with Gasteiger partial charge in [-0.25, -0.2) is 8.42 Å². The molecule has 0 spiro atoms. The summed E-state index contributed by atoms with van der Waals surface area (Å²) >= 11 is 1.03. The fourth-order valence-electron chi connectivity index (χ4n) is 5.14. The number of nitrogens with one attached hydrogen (secondary N) is 1. The van der Waals surface area contributed by atoms with Gasteiger partial charge in [-0.2, -0.15) is 17.5 Å². The molecule has 10 nitrogen and oxygen atoms in total. The summed E-state index contributed by atoms with van der Waals surface area (Å²) in [5, 5.41) is 11.1. The Hall–Kier alpha value is -4.21. The van der Waals surface area contributed by atoms with Crippen LogP contribution in [-0.2, 0) is 34.0 Å². The maximum absolute atomic E-state index is 13.6. The average molecular weight is 673 g/mol. The van der Waals surface area contributed by atoms with Crippen LogP contribution >= 0.6 is 11.8 Å². The van der Waals surface area contributed by atoms with Crippen LogP contribution in [0.2, 0.25) is 0 Å². The lowest BCUT2D eigenvalue weighted by molar-refractivity contribution is -0.137. The molecule has 46 heavy (non-hydrogen) atoms. The van der Waals surface area contributed by atoms with Gasteiger partial charge in [-0.1, -0.05) is 49.9 Å². The third-order valence-electron chi connectivity index (χ3n) is 7.51. The van der Waals surface area contributed by atoms with Gasteiger partial charge in [0.15, 0.2) is 11.0 Å². The molecule has 242 valence electrons. The Morgan fingerprint density at radius 2 is 1.70 bits per heavy atom. The fraction of sp³-hybridized carbons (Fsp3) is 0.290. The summed E-state index contributed by atoms with van der Waals surface area (Å²) in [6, 6.07) is 17.7. The zero-order chi connectivity index (χ0) is 33.1. The maximum Gasteiger partial charge on any atom is 0.416 e. The van der Waals surface area contributed by atoms with E-state index in [1.165, 1.54) is 45.3 Å². The van der Waals surface area contributed by atoms with E-state index in [0.717, 1.165) is 41.6 Å². The number of carbonyl (C=O) groups is 2. The van der Waals surface area contributed by atoms with E-state index in [1.807, 2.05) is 24.3 Å². The third-order valence-corrected chi connectivity index (χ3v) is 10.5. The number of hydrogen-bond acceptors (Lipinski definition) is 7. The van der Waals surface area contributed by atoms with Gasteiger partial charge in [0.25, 0.3) is 5.91 Å². The van der Waals surface area contributed by atoms with Crippen molar-refractivity contribution in [1.29, 1.82) is 0 Å². The molecule has 1 aromatic heterocycles. The van der Waals surface area contributed by atoms with E-state index >= 15 is 0 Å². The van der Waals surface area contributed by atoms with Gasteiger partial charge >= 0.3 is 6.18 Å². The standard InChI is InChI=1S/C31H31F3N6O4S2/c1-3-38(4-2)46(43,44)25-14-12-22(13-15-25)29(42)35-19-27-36-37-30(40(27)24-10-7-9-23(18-24)31(32,33)34)45-20-28(41)39-17-16-21-8-5-6-11-26(21)39/h5-15,18H,3-4,16-17,19-20H2,1-2H3,(H,35,42). The maximum atomic E-state index is 13.6. The highest BCUT2D eigenvalue weighted by Gasteiger charge is 2.31. The number of rotatable bonds is 11. The second-order valence-corrected chi connectivity index (χ2v) is 13.2. The molecule has 0 bridgehead atoms. The summed E-state index contributed by atoms with van der Waals surface area (Å²) < 4.78 is 69.0. The van der Waals surface area contributed by atoms with Crippen LogP contribution in [0, 0.1) is 0 Å². The lowest BCUT2D eigenvalue weighted by Crippen LogP contribution is -2.30. The van der Waals surface area contributed by atoms with Crippen molar-refractivity contribution < 1.29 is 31.2 Å². The monoisotopic (exact) mass is 672 g/mol. The number of sulfonamides is 1. The fourth-order valence-corrected chi connectivity index (χ4v) is 7.45. The molecule has 15 heteroatoms. The number of carbonyl (C=O) groups excluding carboxylic acids is 2. The molecule has 0 radical (unpaired) electrons. The minimum atomic E-state index is -4.60. The second kappa shape index (κ2) is 13.6. The van der Waals surface area contributed by atoms with E-state index in [-0.39, 0.29) is 45.3 Å². The number of anilines is 1. The Bertz CT molecular complexity index is 1840. The number of thioether (sulfide) groups is 1. The number of halogens is 3. The number of fused-ring (bicyclic) bond motifs is 1. The molecule has 1 aliphatic heterocycles. The van der Waals surface area contributed by atoms with Crippen molar-refractivity contribution in [3.8, 4) is 5.69 Å². The Morgan fingerprint density at radius 3 is 2.39 bits per heavy atom. The summed E-state index contributed by atoms with van der Waals surface area (Å²) in [6.07, 6.45) is -3.87. The molecule has 5 rings (SSSR count). The van der Waals surface area contributed by atoms with Gasteiger partial charge in [-0.05, 0) is 60.5 Å². The highest BCUT2D eigenvalue weighted by atomic mass is 32.2. The number of nitrogens with zero attached hydrogens (tertiary/aromatic N) is 5. The Morgan fingerprint density at radius 1 is 0.978 bits per heavy atom. The summed E-state index contributed by atoms with van der Waals surface area (Å²) in [7, 11) is -3.71. The normalized spacial score (nSPS) is 13.2. The first-order valence-corrected chi connectivity index (χ1v) is 16.9. The zero-order valence-electron chi connectivity index (χ0n) is 25.0. The zero-order valence-corrected chi connectivity index (χ0v) is 26.6. The summed E-state index contributed by atoms with van der Waals surface area (Å²) in [6.45, 7) is 4.38. The summed E-state index contributed by atoms with van der Waals surface area (Å²) in [5.74, 6) is -0.646. The summed E-state index contributed by atoms with van der Waals surface area (Å²) in [5.41, 5.74) is 1.29. The van der Waals surface area contributed by atoms with Crippen molar-refractivity contribution in [3.05, 3.63) is 95.3 Å². The van der Waals surface area contributed by atoms with Crippen molar-refractivity contribution in [3.63, 3.8) is 0 Å². The van der Waals surface area contributed by atoms with Gasteiger partial charge in [0.1, 0.15) is 0 Å². The topological polar surface area (TPSA) is 118 Å². The Kier molecular flexibility index (Phi) is 9.84. The van der Waals surface area contributed by atoms with E-state index in [0.29, 0.717) is 19.6 Å². The van der Waals surface area contributed by atoms with Crippen LogP contribution in [0.15, 0.2) is 82.8 Å². The number of benzene rings is 3. The van der Waals surface area contributed by atoms with Crippen LogP contribution in [0.25, 0.3) is 5.69 Å². The Labute approximate surface area is 268 Å². The predicted molar refractivity (Wildman–Crippen MR) is 167 cm³/mol. The van der Waals surface area contributed by atoms with Crippen molar-refractivity contribution >= 4 is 39.3 Å². The van der Waals surface area contributed by atoms with Crippen molar-refractivity contribution in [2.75, 3.05) is 30.3 Å². The third kappa shape index (κ3) is 6.95. The minimum Gasteiger partial charge on any atom is -0.345 e. The van der Waals surface area contributed by atoms with Crippen LogP contribution in [0.1, 0.15) is 41.2 Å². The first-order chi connectivity index (χ1) is 21.9. The molecule has 1 N–H and O–H groups in total. The van der Waals surface area contributed by atoms with E-state index in [2.05, 4.69) is 15.5 Å². The predicted octanol–water partition coefficient (Wildman–Crippen LogP) is 4.93. The molecular formula is C31H31F3N6O4S2. The van der Waals surface area contributed by atoms with Crippen LogP contribution in [0.5, 0.6) is 0 Å². The average Bonchev–Trinajstić information content (AvgIpc) is 3.67. The van der Waals surface area contributed by atoms with Gasteiger partial charge in [0.05, 0.1) is 28.4 Å². The van der Waals surface area contributed by atoms with Crippen molar-refractivity contribution in [2.45, 2.75) is 43.0 Å². The lowest BCUT2D eigenvalue weighted by atomic mass is 10.2. The molecular weight excluding hydrogens is 642 g/mol. The molecule has 4 aromatic rings. The molecule has 0 atom stereocenters. The highest BCUT2D eigenvalue weighted by Crippen LogP contribution is 2.33. The summed E-state index contributed by atoms with van der Waals surface area (Å²) in [4.78, 5) is 27.9. The van der Waals surface area contributed by atoms with E-state index in [1.54, 1.807) is 18.7 Å². The van der Waals surface area contributed by atoms with E-state index in [4.69, 9.17) is 0 Å². The SMILES string of the molecule is CCN(CC)S(=O)(=O)c1ccc(C(=O)NCc2nnc(SCC(=O)N3CCc4ccccc43)n2-c2cccc(C(F)(F)F)c2)cc1. The quantitative estimate of drug-likeness (QED) is 0.225. The number of hydrogen-bond donors (Lipinski definition) is 1. The molecule has 1 aliphatic rings. The smallest absolute Gasteiger partial charge is 0.345 e. The van der Waals surface area contributed by atoms with Gasteiger partial charge in [-0.15, -0.1) is 10.2 Å². The van der Waals surface area contributed by atoms with Crippen molar-refractivity contribution in [1.82, 2.24) is 24.4 Å². The van der Waals surface area contributed by atoms with Gasteiger partial charge in [-0.3, -0.25) is 14.2 Å². The first kappa shape index (κ1) is 33.2. The van der Waals surface area contributed by atoms with Crippen LogP contribution in [0.4, 0.5) is 18.9 Å². The molecule has 0 unspecified atom stereocenters. The largest absolute Gasteiger partial charge is 0.416 e. The minimum absolute atomic E-state index is 0.0411. The van der Waals surface area contributed by atoms with Gasteiger partial charge in [0.2, 0.25) is 15.9 Å². The van der Waals surface area contributed by atoms with Crippen molar-refractivity contribution in [2.24, 2.45) is 0 Å². The molecule has 0 saturated carbocycles. The molecule has 0 fully saturated rings.